The van der Waals surface area contributed by atoms with Gasteiger partial charge in [-0.15, -0.1) is 0 Å². The van der Waals surface area contributed by atoms with Crippen molar-refractivity contribution >= 4 is 30.7 Å². The highest BCUT2D eigenvalue weighted by Crippen LogP contribution is 2.62. The zero-order valence-electron chi connectivity index (χ0n) is 24.5. The number of rotatable bonds is 7. The lowest BCUT2D eigenvalue weighted by Crippen LogP contribution is -2.50. The topological polar surface area (TPSA) is 49.3 Å². The molecule has 0 saturated heterocycles. The van der Waals surface area contributed by atoms with Crippen molar-refractivity contribution in [3.8, 4) is 5.75 Å². The first kappa shape index (κ1) is 28.1. The van der Waals surface area contributed by atoms with Gasteiger partial charge in [-0.1, -0.05) is 18.1 Å². The molecule has 0 N–H and O–H groups in total. The second kappa shape index (κ2) is 9.67. The first-order valence-electron chi connectivity index (χ1n) is 13.8. The first-order valence-corrected chi connectivity index (χ1v) is 24.0. The van der Waals surface area contributed by atoms with Crippen LogP contribution in [0.4, 0.5) is 0 Å². The number of hydrogen-bond donors (Lipinski definition) is 0. The lowest BCUT2D eigenvalue weighted by molar-refractivity contribution is -0.0333. The molecule has 2 saturated carbocycles. The van der Waals surface area contributed by atoms with Gasteiger partial charge in [-0.3, -0.25) is 0 Å². The maximum Gasteiger partial charge on any atom is 0.242 e. The zero-order valence-corrected chi connectivity index (χ0v) is 27.5. The monoisotopic (exact) mass is 547 g/mol. The summed E-state index contributed by atoms with van der Waals surface area (Å²) in [7, 11) is -3.47. The maximum atomic E-state index is 6.98. The number of benzene rings is 1. The van der Waals surface area contributed by atoms with Crippen LogP contribution in [0.3, 0.4) is 0 Å². The SMILES string of the molecule is CO/N=C1\C[C@@H]2[C@H](CC[C@@]3(C)[C@H]2C[C@@H](O[Si](C)(C)C)[C@@H]3O[Si](C)(C)C)c2ccc(O[Si](C)(C)C)cc21. The molecule has 8 heteroatoms. The van der Waals surface area contributed by atoms with Crippen molar-refractivity contribution in [1.29, 1.82) is 0 Å². The molecule has 4 rings (SSSR count). The van der Waals surface area contributed by atoms with E-state index in [-0.39, 0.29) is 17.6 Å². The summed E-state index contributed by atoms with van der Waals surface area (Å²) >= 11 is 0. The molecule has 0 heterocycles. The Morgan fingerprint density at radius 3 is 2.17 bits per heavy atom. The molecule has 0 aromatic heterocycles. The Labute approximate surface area is 222 Å². The van der Waals surface area contributed by atoms with Crippen LogP contribution < -0.4 is 4.43 Å². The Morgan fingerprint density at radius 2 is 1.58 bits per heavy atom. The number of fused-ring (bicyclic) bond motifs is 5. The van der Waals surface area contributed by atoms with Crippen molar-refractivity contribution < 1.29 is 18.1 Å². The summed E-state index contributed by atoms with van der Waals surface area (Å²) in [6, 6.07) is 6.72. The largest absolute Gasteiger partial charge is 0.544 e. The molecule has 0 unspecified atom stereocenters. The molecular formula is C28H49NO4Si3. The number of hydrogen-bond acceptors (Lipinski definition) is 5. The molecule has 202 valence electrons. The molecule has 6 atom stereocenters. The molecule has 0 aliphatic heterocycles. The lowest BCUT2D eigenvalue weighted by atomic mass is 9.55. The molecular weight excluding hydrogens is 499 g/mol. The summed E-state index contributed by atoms with van der Waals surface area (Å²) in [6.45, 7) is 23.1. The van der Waals surface area contributed by atoms with Gasteiger partial charge in [-0.25, -0.2) is 0 Å². The van der Waals surface area contributed by atoms with Crippen LogP contribution in [0.1, 0.15) is 49.7 Å². The van der Waals surface area contributed by atoms with E-state index in [0.717, 1.165) is 24.3 Å². The number of nitrogens with zero attached hydrogens (tertiary/aromatic N) is 1. The summed E-state index contributed by atoms with van der Waals surface area (Å²) in [5, 5.41) is 4.57. The zero-order chi connectivity index (χ0) is 26.7. The quantitative estimate of drug-likeness (QED) is 0.260. The van der Waals surface area contributed by atoms with Gasteiger partial charge < -0.3 is 18.1 Å². The van der Waals surface area contributed by atoms with E-state index in [2.05, 4.69) is 89.2 Å². The highest BCUT2D eigenvalue weighted by molar-refractivity contribution is 6.70. The molecule has 0 amide bonds. The van der Waals surface area contributed by atoms with E-state index in [1.165, 1.54) is 24.0 Å². The molecule has 1 aromatic carbocycles. The highest BCUT2D eigenvalue weighted by atomic mass is 28.4. The Morgan fingerprint density at radius 1 is 0.917 bits per heavy atom. The molecule has 36 heavy (non-hydrogen) atoms. The van der Waals surface area contributed by atoms with Crippen molar-refractivity contribution in [1.82, 2.24) is 0 Å². The summed E-state index contributed by atoms with van der Waals surface area (Å²) in [5.74, 6) is 2.57. The Bertz CT molecular complexity index is 994. The molecule has 3 aliphatic rings. The van der Waals surface area contributed by atoms with Crippen LogP contribution in [-0.2, 0) is 13.7 Å². The second-order valence-corrected chi connectivity index (χ2v) is 27.8. The fraction of sp³-hybridized carbons (Fsp3) is 0.750. The van der Waals surface area contributed by atoms with E-state index in [9.17, 15) is 0 Å². The maximum absolute atomic E-state index is 6.98. The predicted octanol–water partition coefficient (Wildman–Crippen LogP) is 7.61. The van der Waals surface area contributed by atoms with Crippen LogP contribution in [0.2, 0.25) is 58.9 Å². The van der Waals surface area contributed by atoms with Gasteiger partial charge in [0.1, 0.15) is 12.9 Å². The van der Waals surface area contributed by atoms with Crippen LogP contribution in [0.15, 0.2) is 23.4 Å². The van der Waals surface area contributed by atoms with E-state index < -0.39 is 25.0 Å². The normalized spacial score (nSPS) is 33.6. The van der Waals surface area contributed by atoms with Gasteiger partial charge in [0, 0.05) is 5.56 Å². The average Bonchev–Trinajstić information content (AvgIpc) is 2.96. The van der Waals surface area contributed by atoms with E-state index in [4.69, 9.17) is 18.1 Å². The van der Waals surface area contributed by atoms with Crippen molar-refractivity contribution in [3.05, 3.63) is 29.3 Å². The predicted molar refractivity (Wildman–Crippen MR) is 157 cm³/mol. The Balaban J connectivity index is 1.72. The molecule has 5 nitrogen and oxygen atoms in total. The summed E-state index contributed by atoms with van der Waals surface area (Å²) in [6.07, 6.45) is 4.77. The molecule has 2 fully saturated rings. The van der Waals surface area contributed by atoms with Crippen LogP contribution in [0, 0.1) is 17.3 Å². The van der Waals surface area contributed by atoms with Crippen molar-refractivity contribution in [2.45, 2.75) is 110 Å². The summed E-state index contributed by atoms with van der Waals surface area (Å²) < 4.78 is 20.2. The Kier molecular flexibility index (Phi) is 7.54. The molecule has 1 aromatic rings. The Hall–Kier alpha value is -0.939. The van der Waals surface area contributed by atoms with E-state index >= 15 is 0 Å². The minimum atomic E-state index is -1.74. The molecule has 0 radical (unpaired) electrons. The third-order valence-electron chi connectivity index (χ3n) is 8.12. The fourth-order valence-corrected chi connectivity index (χ4v) is 10.3. The molecule has 0 spiro atoms. The van der Waals surface area contributed by atoms with Crippen LogP contribution >= 0.6 is 0 Å². The minimum absolute atomic E-state index is 0.127. The lowest BCUT2D eigenvalue weighted by Gasteiger charge is -2.51. The third kappa shape index (κ3) is 5.87. The first-order chi connectivity index (χ1) is 16.5. The van der Waals surface area contributed by atoms with Crippen molar-refractivity contribution in [2.75, 3.05) is 7.11 Å². The van der Waals surface area contributed by atoms with Gasteiger partial charge in [0.25, 0.3) is 0 Å². The van der Waals surface area contributed by atoms with E-state index in [0.29, 0.717) is 17.8 Å². The third-order valence-corrected chi connectivity index (χ3v) is 10.9. The summed E-state index contributed by atoms with van der Waals surface area (Å²) in [5.41, 5.74) is 3.84. The van der Waals surface area contributed by atoms with Gasteiger partial charge in [-0.05, 0) is 125 Å². The number of oxime groups is 1. The minimum Gasteiger partial charge on any atom is -0.544 e. The van der Waals surface area contributed by atoms with Gasteiger partial charge in [0.2, 0.25) is 8.32 Å². The smallest absolute Gasteiger partial charge is 0.242 e. The standard InChI is InChI=1S/C28H49NO4Si3/c1-28-15-14-21-20-13-12-19(31-34(3,4)5)16-23(20)25(29-30-2)17-22(21)24(28)18-26(32-35(6,7)8)27(28)33-36(9,10)11/h12-13,16,21-22,24,26-27H,14-15,17-18H2,1-11H3/b29-25+/t21-,22-,24+,26-,27+,28+/m1/s1. The van der Waals surface area contributed by atoms with Crippen molar-refractivity contribution in [2.24, 2.45) is 22.4 Å². The van der Waals surface area contributed by atoms with Crippen LogP contribution in [-0.4, -0.2) is 50.0 Å². The summed E-state index contributed by atoms with van der Waals surface area (Å²) in [4.78, 5) is 5.39. The highest BCUT2D eigenvalue weighted by Gasteiger charge is 2.60. The van der Waals surface area contributed by atoms with Gasteiger partial charge in [0.05, 0.1) is 17.9 Å². The molecule has 0 bridgehead atoms. The van der Waals surface area contributed by atoms with E-state index in [1.54, 1.807) is 7.11 Å². The van der Waals surface area contributed by atoms with E-state index in [1.807, 2.05) is 0 Å². The second-order valence-electron chi connectivity index (χ2n) is 14.5. The van der Waals surface area contributed by atoms with Crippen LogP contribution in [0.25, 0.3) is 0 Å². The van der Waals surface area contributed by atoms with Gasteiger partial charge in [0.15, 0.2) is 16.6 Å². The average molecular weight is 548 g/mol. The van der Waals surface area contributed by atoms with Gasteiger partial charge >= 0.3 is 0 Å². The van der Waals surface area contributed by atoms with Crippen molar-refractivity contribution in [3.63, 3.8) is 0 Å². The molecule has 3 aliphatic carbocycles. The fourth-order valence-electron chi connectivity index (χ4n) is 7.11. The van der Waals surface area contributed by atoms with Crippen LogP contribution in [0.5, 0.6) is 5.75 Å². The van der Waals surface area contributed by atoms with Gasteiger partial charge in [-0.2, -0.15) is 0 Å².